The Hall–Kier alpha value is -1.22. The normalized spacial score (nSPS) is 9.58. The summed E-state index contributed by atoms with van der Waals surface area (Å²) >= 11 is 0. The Balaban J connectivity index is 2.86. The number of anilines is 1. The molecule has 0 aromatic heterocycles. The van der Waals surface area contributed by atoms with E-state index in [4.69, 9.17) is 9.84 Å². The van der Waals surface area contributed by atoms with Crippen LogP contribution in [0.1, 0.15) is 5.56 Å². The van der Waals surface area contributed by atoms with Crippen LogP contribution in [0.4, 0.5) is 5.69 Å². The fraction of sp³-hybridized carbons (Fsp3) is 0.333. The average Bonchev–Trinajstić information content (AvgIpc) is 2.05. The van der Waals surface area contributed by atoms with E-state index in [2.05, 4.69) is 5.32 Å². The van der Waals surface area contributed by atoms with Gasteiger partial charge in [0.2, 0.25) is 0 Å². The molecule has 1 aromatic rings. The molecule has 12 heavy (non-hydrogen) atoms. The number of rotatable bonds is 3. The molecule has 0 unspecified atom stereocenters. The Morgan fingerprint density at radius 2 is 2.25 bits per heavy atom. The van der Waals surface area contributed by atoms with Crippen molar-refractivity contribution >= 4 is 5.69 Å². The van der Waals surface area contributed by atoms with Crippen molar-refractivity contribution in [1.29, 1.82) is 0 Å². The molecule has 0 radical (unpaired) electrons. The largest absolute Gasteiger partial charge is 0.496 e. The van der Waals surface area contributed by atoms with Gasteiger partial charge in [-0.05, 0) is 30.7 Å². The number of benzene rings is 1. The van der Waals surface area contributed by atoms with Gasteiger partial charge in [-0.2, -0.15) is 0 Å². The van der Waals surface area contributed by atoms with Gasteiger partial charge < -0.3 is 15.2 Å². The number of hydrogen-bond donors (Lipinski definition) is 2. The monoisotopic (exact) mass is 167 g/mol. The van der Waals surface area contributed by atoms with Crippen molar-refractivity contribution in [1.82, 2.24) is 0 Å². The third-order valence-electron chi connectivity index (χ3n) is 1.68. The van der Waals surface area contributed by atoms with Gasteiger partial charge in [-0.25, -0.2) is 0 Å². The molecule has 0 amide bonds. The number of ether oxygens (including phenoxy) is 1. The van der Waals surface area contributed by atoms with Crippen LogP contribution in [-0.4, -0.2) is 18.9 Å². The molecule has 0 atom stereocenters. The number of methoxy groups -OCH3 is 1. The second-order valence-corrected chi connectivity index (χ2v) is 2.52. The minimum absolute atomic E-state index is 0.0498. The van der Waals surface area contributed by atoms with Crippen molar-refractivity contribution in [3.63, 3.8) is 0 Å². The van der Waals surface area contributed by atoms with Crippen LogP contribution in [0, 0.1) is 6.92 Å². The third-order valence-corrected chi connectivity index (χ3v) is 1.68. The number of hydrogen-bond acceptors (Lipinski definition) is 3. The van der Waals surface area contributed by atoms with Crippen LogP contribution in [0.25, 0.3) is 0 Å². The van der Waals surface area contributed by atoms with Gasteiger partial charge in [0.15, 0.2) is 0 Å². The van der Waals surface area contributed by atoms with E-state index in [1.807, 2.05) is 25.1 Å². The summed E-state index contributed by atoms with van der Waals surface area (Å²) in [5.41, 5.74) is 1.95. The maximum atomic E-state index is 8.59. The molecule has 0 fully saturated rings. The molecule has 66 valence electrons. The molecule has 0 aliphatic heterocycles. The molecule has 0 aliphatic rings. The minimum atomic E-state index is -0.0498. The van der Waals surface area contributed by atoms with Gasteiger partial charge in [0.25, 0.3) is 0 Å². The summed E-state index contributed by atoms with van der Waals surface area (Å²) in [6.07, 6.45) is 0. The van der Waals surface area contributed by atoms with Crippen LogP contribution >= 0.6 is 0 Å². The Morgan fingerprint density at radius 3 is 2.75 bits per heavy atom. The first-order chi connectivity index (χ1) is 5.77. The molecular formula is C9H13NO2. The van der Waals surface area contributed by atoms with Crippen molar-refractivity contribution in [3.8, 4) is 5.75 Å². The van der Waals surface area contributed by atoms with Crippen LogP contribution in [-0.2, 0) is 0 Å². The van der Waals surface area contributed by atoms with Crippen molar-refractivity contribution in [2.75, 3.05) is 19.2 Å². The number of aliphatic hydroxyl groups is 1. The highest BCUT2D eigenvalue weighted by molar-refractivity contribution is 5.50. The molecule has 1 aromatic carbocycles. The molecule has 2 N–H and O–H groups in total. The van der Waals surface area contributed by atoms with E-state index < -0.39 is 0 Å². The van der Waals surface area contributed by atoms with Crippen molar-refractivity contribution < 1.29 is 9.84 Å². The van der Waals surface area contributed by atoms with Gasteiger partial charge in [-0.15, -0.1) is 0 Å². The molecule has 0 spiro atoms. The van der Waals surface area contributed by atoms with Crippen molar-refractivity contribution in [2.45, 2.75) is 6.92 Å². The minimum Gasteiger partial charge on any atom is -0.496 e. The standard InChI is InChI=1S/C9H13NO2/c1-7-5-8(10-6-11)3-4-9(7)12-2/h3-5,10-11H,6H2,1-2H3. The highest BCUT2D eigenvalue weighted by Crippen LogP contribution is 2.20. The zero-order valence-electron chi connectivity index (χ0n) is 7.29. The van der Waals surface area contributed by atoms with Gasteiger partial charge in [-0.1, -0.05) is 0 Å². The van der Waals surface area contributed by atoms with Gasteiger partial charge in [0, 0.05) is 5.69 Å². The predicted molar refractivity (Wildman–Crippen MR) is 48.4 cm³/mol. The van der Waals surface area contributed by atoms with Gasteiger partial charge in [0.05, 0.1) is 7.11 Å². The summed E-state index contributed by atoms with van der Waals surface area (Å²) in [5.74, 6) is 0.860. The van der Waals surface area contributed by atoms with Crippen LogP contribution in [0.2, 0.25) is 0 Å². The molecule has 3 heteroatoms. The first kappa shape index (κ1) is 8.87. The molecule has 0 saturated carbocycles. The lowest BCUT2D eigenvalue weighted by molar-refractivity contribution is 0.325. The number of aliphatic hydroxyl groups excluding tert-OH is 1. The highest BCUT2D eigenvalue weighted by atomic mass is 16.5. The number of nitrogens with one attached hydrogen (secondary N) is 1. The molecule has 0 heterocycles. The fourth-order valence-corrected chi connectivity index (χ4v) is 1.08. The summed E-state index contributed by atoms with van der Waals surface area (Å²) in [6, 6.07) is 5.66. The fourth-order valence-electron chi connectivity index (χ4n) is 1.08. The average molecular weight is 167 g/mol. The third kappa shape index (κ3) is 1.89. The Labute approximate surface area is 72.0 Å². The Morgan fingerprint density at radius 1 is 1.50 bits per heavy atom. The van der Waals surface area contributed by atoms with Crippen LogP contribution in [0.15, 0.2) is 18.2 Å². The smallest absolute Gasteiger partial charge is 0.121 e. The quantitative estimate of drug-likeness (QED) is 0.668. The lowest BCUT2D eigenvalue weighted by Gasteiger charge is -2.07. The van der Waals surface area contributed by atoms with Crippen molar-refractivity contribution in [3.05, 3.63) is 23.8 Å². The van der Waals surface area contributed by atoms with Crippen LogP contribution < -0.4 is 10.1 Å². The summed E-state index contributed by atoms with van der Waals surface area (Å²) in [5, 5.41) is 11.4. The maximum absolute atomic E-state index is 8.59. The van der Waals surface area contributed by atoms with Crippen molar-refractivity contribution in [2.24, 2.45) is 0 Å². The van der Waals surface area contributed by atoms with Gasteiger partial charge in [0.1, 0.15) is 12.5 Å². The van der Waals surface area contributed by atoms with E-state index in [1.54, 1.807) is 7.11 Å². The van der Waals surface area contributed by atoms with E-state index in [9.17, 15) is 0 Å². The molecule has 3 nitrogen and oxygen atoms in total. The summed E-state index contributed by atoms with van der Waals surface area (Å²) in [6.45, 7) is 1.91. The molecule has 0 saturated heterocycles. The molecule has 1 rings (SSSR count). The zero-order valence-corrected chi connectivity index (χ0v) is 7.29. The predicted octanol–water partition coefficient (Wildman–Crippen LogP) is 1.37. The molecule has 0 aliphatic carbocycles. The SMILES string of the molecule is COc1ccc(NCO)cc1C. The van der Waals surface area contributed by atoms with Crippen LogP contribution in [0.5, 0.6) is 5.75 Å². The topological polar surface area (TPSA) is 41.5 Å². The second-order valence-electron chi connectivity index (χ2n) is 2.52. The maximum Gasteiger partial charge on any atom is 0.121 e. The summed E-state index contributed by atoms with van der Waals surface area (Å²) in [4.78, 5) is 0. The van der Waals surface area contributed by atoms with E-state index >= 15 is 0 Å². The molecular weight excluding hydrogens is 154 g/mol. The van der Waals surface area contributed by atoms with Gasteiger partial charge in [-0.3, -0.25) is 0 Å². The van der Waals surface area contributed by atoms with Gasteiger partial charge >= 0.3 is 0 Å². The number of aryl methyl sites for hydroxylation is 1. The lowest BCUT2D eigenvalue weighted by Crippen LogP contribution is -1.99. The Kier molecular flexibility index (Phi) is 2.94. The second kappa shape index (κ2) is 3.97. The lowest BCUT2D eigenvalue weighted by atomic mass is 10.2. The summed E-state index contributed by atoms with van der Waals surface area (Å²) in [7, 11) is 1.64. The zero-order chi connectivity index (χ0) is 8.97. The van der Waals surface area contributed by atoms with E-state index in [-0.39, 0.29) is 6.73 Å². The molecule has 0 bridgehead atoms. The first-order valence-electron chi connectivity index (χ1n) is 3.77. The summed E-state index contributed by atoms with van der Waals surface area (Å²) < 4.78 is 5.09. The van der Waals surface area contributed by atoms with E-state index in [0.29, 0.717) is 0 Å². The van der Waals surface area contributed by atoms with Crippen LogP contribution in [0.3, 0.4) is 0 Å². The van der Waals surface area contributed by atoms with E-state index in [1.165, 1.54) is 0 Å². The Bertz CT molecular complexity index is 261. The first-order valence-corrected chi connectivity index (χ1v) is 3.77. The highest BCUT2D eigenvalue weighted by Gasteiger charge is 1.97. The van der Waals surface area contributed by atoms with E-state index in [0.717, 1.165) is 17.0 Å².